The first-order valence-electron chi connectivity index (χ1n) is 17.5. The molecule has 0 atom stereocenters. The van der Waals surface area contributed by atoms with Gasteiger partial charge in [0.05, 0.1) is 0 Å². The molecule has 51 heavy (non-hydrogen) atoms. The summed E-state index contributed by atoms with van der Waals surface area (Å²) in [6.07, 6.45) is 0. The predicted octanol–water partition coefficient (Wildman–Crippen LogP) is 14.1. The normalized spacial score (nSPS) is 11.1. The van der Waals surface area contributed by atoms with E-state index in [0.717, 1.165) is 17.1 Å². The number of rotatable bonds is 7. The summed E-state index contributed by atoms with van der Waals surface area (Å²) in [5.74, 6) is 0. The summed E-state index contributed by atoms with van der Waals surface area (Å²) in [6.45, 7) is 0. The fraction of sp³-hybridized carbons (Fsp3) is 0. The van der Waals surface area contributed by atoms with Crippen LogP contribution in [-0.4, -0.2) is 0 Å². The molecule has 0 amide bonds. The molecule has 0 saturated heterocycles. The average molecular weight is 650 g/mol. The number of hydrogen-bond acceptors (Lipinski definition) is 1. The van der Waals surface area contributed by atoms with Crippen LogP contribution in [0.2, 0.25) is 0 Å². The molecule has 0 N–H and O–H groups in total. The van der Waals surface area contributed by atoms with Crippen molar-refractivity contribution in [3.63, 3.8) is 0 Å². The maximum absolute atomic E-state index is 2.34. The van der Waals surface area contributed by atoms with Crippen molar-refractivity contribution in [1.29, 1.82) is 0 Å². The molecular weight excluding hydrogens is 615 g/mol. The molecule has 0 aromatic heterocycles. The Morgan fingerprint density at radius 1 is 0.255 bits per heavy atom. The van der Waals surface area contributed by atoms with E-state index in [1.807, 2.05) is 0 Å². The lowest BCUT2D eigenvalue weighted by molar-refractivity contribution is 1.28. The third-order valence-electron chi connectivity index (χ3n) is 9.87. The van der Waals surface area contributed by atoms with Crippen LogP contribution in [0.15, 0.2) is 212 Å². The van der Waals surface area contributed by atoms with E-state index in [1.165, 1.54) is 66.1 Å². The summed E-state index contributed by atoms with van der Waals surface area (Å²) in [6, 6.07) is 76.5. The van der Waals surface area contributed by atoms with Gasteiger partial charge in [0.25, 0.3) is 0 Å². The summed E-state index contributed by atoms with van der Waals surface area (Å²) in [7, 11) is 0. The minimum absolute atomic E-state index is 1.11. The van der Waals surface area contributed by atoms with Crippen molar-refractivity contribution < 1.29 is 0 Å². The van der Waals surface area contributed by atoms with Crippen molar-refractivity contribution in [1.82, 2.24) is 0 Å². The van der Waals surface area contributed by atoms with Crippen LogP contribution in [0.1, 0.15) is 0 Å². The molecule has 9 rings (SSSR count). The third kappa shape index (κ3) is 5.75. The molecule has 0 spiro atoms. The highest BCUT2D eigenvalue weighted by atomic mass is 15.1. The van der Waals surface area contributed by atoms with Crippen LogP contribution in [0, 0.1) is 0 Å². The molecule has 0 fully saturated rings. The van der Waals surface area contributed by atoms with E-state index >= 15 is 0 Å². The highest BCUT2D eigenvalue weighted by molar-refractivity contribution is 6.07. The molecule has 0 aliphatic heterocycles. The lowest BCUT2D eigenvalue weighted by atomic mass is 9.90. The van der Waals surface area contributed by atoms with E-state index < -0.39 is 0 Å². The minimum atomic E-state index is 1.11. The molecule has 0 aliphatic rings. The smallest absolute Gasteiger partial charge is 0.0462 e. The average Bonchev–Trinajstić information content (AvgIpc) is 3.22. The Hall–Kier alpha value is -6.70. The summed E-state index contributed by atoms with van der Waals surface area (Å²) in [5, 5.41) is 5.03. The Labute approximate surface area is 299 Å². The van der Waals surface area contributed by atoms with Crippen molar-refractivity contribution in [2.75, 3.05) is 4.90 Å². The highest BCUT2D eigenvalue weighted by Gasteiger charge is 2.16. The molecule has 0 saturated carbocycles. The zero-order valence-corrected chi connectivity index (χ0v) is 28.2. The quantitative estimate of drug-likeness (QED) is 0.166. The predicted molar refractivity (Wildman–Crippen MR) is 218 cm³/mol. The van der Waals surface area contributed by atoms with Crippen LogP contribution < -0.4 is 4.90 Å². The van der Waals surface area contributed by atoms with Gasteiger partial charge < -0.3 is 4.90 Å². The van der Waals surface area contributed by atoms with Crippen molar-refractivity contribution >= 4 is 38.6 Å². The van der Waals surface area contributed by atoms with E-state index in [1.54, 1.807) is 0 Å². The Bertz CT molecular complexity index is 2580. The van der Waals surface area contributed by atoms with Crippen LogP contribution >= 0.6 is 0 Å². The zero-order valence-electron chi connectivity index (χ0n) is 28.2. The van der Waals surface area contributed by atoms with Gasteiger partial charge in [-0.05, 0) is 102 Å². The second-order valence-corrected chi connectivity index (χ2v) is 12.9. The summed E-state index contributed by atoms with van der Waals surface area (Å²) < 4.78 is 0. The molecule has 0 radical (unpaired) electrons. The number of benzene rings is 9. The number of para-hydroxylation sites is 1. The molecule has 240 valence electrons. The first-order chi connectivity index (χ1) is 25.3. The molecule has 0 heterocycles. The first-order valence-corrected chi connectivity index (χ1v) is 17.5. The van der Waals surface area contributed by atoms with Gasteiger partial charge in [0, 0.05) is 17.1 Å². The Kier molecular flexibility index (Phi) is 7.92. The molecule has 0 bridgehead atoms. The fourth-order valence-electron chi connectivity index (χ4n) is 7.47. The Morgan fingerprint density at radius 3 is 1.31 bits per heavy atom. The van der Waals surface area contributed by atoms with E-state index in [4.69, 9.17) is 0 Å². The van der Waals surface area contributed by atoms with Crippen molar-refractivity contribution in [2.24, 2.45) is 0 Å². The molecular formula is C50H35N. The maximum atomic E-state index is 2.34. The number of hydrogen-bond donors (Lipinski definition) is 0. The molecule has 0 aliphatic carbocycles. The highest BCUT2D eigenvalue weighted by Crippen LogP contribution is 2.42. The minimum Gasteiger partial charge on any atom is -0.311 e. The van der Waals surface area contributed by atoms with Gasteiger partial charge >= 0.3 is 0 Å². The van der Waals surface area contributed by atoms with Crippen LogP contribution in [0.4, 0.5) is 17.1 Å². The van der Waals surface area contributed by atoms with Gasteiger partial charge in [0.15, 0.2) is 0 Å². The van der Waals surface area contributed by atoms with E-state index in [9.17, 15) is 0 Å². The third-order valence-corrected chi connectivity index (χ3v) is 9.87. The van der Waals surface area contributed by atoms with Crippen LogP contribution in [-0.2, 0) is 0 Å². The van der Waals surface area contributed by atoms with Gasteiger partial charge in [-0.25, -0.2) is 0 Å². The second kappa shape index (κ2) is 13.3. The van der Waals surface area contributed by atoms with Crippen LogP contribution in [0.5, 0.6) is 0 Å². The lowest BCUT2D eigenvalue weighted by Crippen LogP contribution is -2.09. The summed E-state index contributed by atoms with van der Waals surface area (Å²) in [4.78, 5) is 2.34. The fourth-order valence-corrected chi connectivity index (χ4v) is 7.47. The summed E-state index contributed by atoms with van der Waals surface area (Å²) >= 11 is 0. The van der Waals surface area contributed by atoms with Crippen molar-refractivity contribution in [3.8, 4) is 44.5 Å². The Balaban J connectivity index is 1.12. The second-order valence-electron chi connectivity index (χ2n) is 12.9. The van der Waals surface area contributed by atoms with Crippen molar-refractivity contribution in [2.45, 2.75) is 0 Å². The maximum Gasteiger partial charge on any atom is 0.0462 e. The molecule has 1 heteroatoms. The Morgan fingerprint density at radius 2 is 0.706 bits per heavy atom. The number of nitrogens with zero attached hydrogens (tertiary/aromatic N) is 1. The number of anilines is 3. The largest absolute Gasteiger partial charge is 0.311 e. The molecule has 0 unspecified atom stereocenters. The topological polar surface area (TPSA) is 3.24 Å². The van der Waals surface area contributed by atoms with Gasteiger partial charge in [-0.1, -0.05) is 176 Å². The standard InChI is InChI=1S/C50H35N/c1-4-14-36(15-5-1)46-24-12-19-41-20-13-25-47(49(41)46)38-26-31-43(32-27-38)51(42-21-8-3-9-22-42)44-33-28-39(29-34-44)48-35-30-37-16-10-11-23-45(37)50(48)40-17-6-2-7-18-40/h1-35H. The molecule has 9 aromatic rings. The van der Waals surface area contributed by atoms with Gasteiger partial charge in [0.1, 0.15) is 0 Å². The first kappa shape index (κ1) is 30.4. The monoisotopic (exact) mass is 649 g/mol. The van der Waals surface area contributed by atoms with E-state index in [2.05, 4.69) is 217 Å². The van der Waals surface area contributed by atoms with Gasteiger partial charge in [-0.3, -0.25) is 0 Å². The van der Waals surface area contributed by atoms with Crippen LogP contribution in [0.25, 0.3) is 66.1 Å². The lowest BCUT2D eigenvalue weighted by Gasteiger charge is -2.26. The van der Waals surface area contributed by atoms with E-state index in [-0.39, 0.29) is 0 Å². The molecule has 1 nitrogen and oxygen atoms in total. The van der Waals surface area contributed by atoms with Gasteiger partial charge in [-0.2, -0.15) is 0 Å². The van der Waals surface area contributed by atoms with Crippen molar-refractivity contribution in [3.05, 3.63) is 212 Å². The number of fused-ring (bicyclic) bond motifs is 2. The van der Waals surface area contributed by atoms with Gasteiger partial charge in [0.2, 0.25) is 0 Å². The SMILES string of the molecule is c1ccc(-c2c(-c3ccc(N(c4ccccc4)c4ccc(-c5cccc6cccc(-c7ccccc7)c56)cc4)cc3)ccc3ccccc23)cc1. The zero-order chi connectivity index (χ0) is 34.0. The summed E-state index contributed by atoms with van der Waals surface area (Å²) in [5.41, 5.74) is 13.1. The van der Waals surface area contributed by atoms with E-state index in [0.29, 0.717) is 0 Å². The van der Waals surface area contributed by atoms with Crippen LogP contribution in [0.3, 0.4) is 0 Å². The van der Waals surface area contributed by atoms with Gasteiger partial charge in [-0.15, -0.1) is 0 Å². The molecule has 9 aromatic carbocycles.